The van der Waals surface area contributed by atoms with Crippen molar-refractivity contribution in [1.29, 1.82) is 0 Å². The quantitative estimate of drug-likeness (QED) is 0.912. The van der Waals surface area contributed by atoms with Gasteiger partial charge in [0.2, 0.25) is 5.95 Å². The van der Waals surface area contributed by atoms with Gasteiger partial charge in [0.25, 0.3) is 0 Å². The second-order valence-corrected chi connectivity index (χ2v) is 5.39. The van der Waals surface area contributed by atoms with Crippen molar-refractivity contribution in [2.24, 2.45) is 0 Å². The maximum atomic E-state index is 5.12. The number of methoxy groups -OCH3 is 1. The molecule has 0 fully saturated rings. The van der Waals surface area contributed by atoms with Gasteiger partial charge in [-0.15, -0.1) is 0 Å². The Bertz CT molecular complexity index is 566. The highest BCUT2D eigenvalue weighted by Crippen LogP contribution is 2.23. The van der Waals surface area contributed by atoms with Crippen LogP contribution in [0.5, 0.6) is 0 Å². The number of hydrogen-bond acceptors (Lipinski definition) is 3. The molecule has 0 bridgehead atoms. The lowest BCUT2D eigenvalue weighted by molar-refractivity contribution is 0.188. The molecule has 0 saturated carbocycles. The molecule has 4 nitrogen and oxygen atoms in total. The molecule has 0 saturated heterocycles. The van der Waals surface area contributed by atoms with Crippen LogP contribution in [0.1, 0.15) is 11.3 Å². The Morgan fingerprint density at radius 3 is 2.84 bits per heavy atom. The maximum absolute atomic E-state index is 5.12. The minimum absolute atomic E-state index is 0.670. The van der Waals surface area contributed by atoms with Gasteiger partial charge in [0.1, 0.15) is 0 Å². The average Bonchev–Trinajstić information content (AvgIpc) is 2.70. The molecule has 0 aliphatic heterocycles. The minimum Gasteiger partial charge on any atom is -0.383 e. The molecule has 1 aromatic heterocycles. The molecule has 1 heterocycles. The number of ether oxygens (including phenoxy) is 1. The lowest BCUT2D eigenvalue weighted by Crippen LogP contribution is -2.07. The van der Waals surface area contributed by atoms with Crippen LogP contribution in [0.3, 0.4) is 0 Å². The highest BCUT2D eigenvalue weighted by molar-refractivity contribution is 9.10. The van der Waals surface area contributed by atoms with Crippen LogP contribution in [-0.2, 0) is 11.3 Å². The summed E-state index contributed by atoms with van der Waals surface area (Å²) in [6, 6.07) is 6.15. The van der Waals surface area contributed by atoms with Crippen LogP contribution < -0.4 is 5.32 Å². The number of aromatic nitrogens is 2. The van der Waals surface area contributed by atoms with Crippen LogP contribution in [0.4, 0.5) is 11.6 Å². The summed E-state index contributed by atoms with van der Waals surface area (Å²) in [5, 5.41) is 3.37. The largest absolute Gasteiger partial charge is 0.383 e. The van der Waals surface area contributed by atoms with E-state index in [2.05, 4.69) is 43.8 Å². The summed E-state index contributed by atoms with van der Waals surface area (Å²) in [7, 11) is 1.70. The fraction of sp³-hybridized carbons (Fsp3) is 0.357. The van der Waals surface area contributed by atoms with Crippen molar-refractivity contribution in [2.75, 3.05) is 19.0 Å². The number of anilines is 2. The second-order valence-electron chi connectivity index (χ2n) is 4.48. The molecule has 2 rings (SSSR count). The molecule has 0 aliphatic rings. The van der Waals surface area contributed by atoms with E-state index in [1.165, 1.54) is 5.56 Å². The molecule has 0 aliphatic carbocycles. The van der Waals surface area contributed by atoms with Gasteiger partial charge in [0.05, 0.1) is 12.3 Å². The highest BCUT2D eigenvalue weighted by Gasteiger charge is 2.07. The smallest absolute Gasteiger partial charge is 0.207 e. The van der Waals surface area contributed by atoms with Gasteiger partial charge >= 0.3 is 0 Å². The van der Waals surface area contributed by atoms with E-state index in [-0.39, 0.29) is 0 Å². The predicted molar refractivity (Wildman–Crippen MR) is 81.0 cm³/mol. The first-order valence-electron chi connectivity index (χ1n) is 6.16. The number of halogens is 1. The van der Waals surface area contributed by atoms with Crippen molar-refractivity contribution in [1.82, 2.24) is 9.55 Å². The minimum atomic E-state index is 0.670. The number of nitrogens with zero attached hydrogens (tertiary/aromatic N) is 2. The summed E-state index contributed by atoms with van der Waals surface area (Å²) in [6.45, 7) is 5.52. The number of aryl methyl sites for hydroxylation is 2. The topological polar surface area (TPSA) is 39.1 Å². The summed E-state index contributed by atoms with van der Waals surface area (Å²) in [5.74, 6) is 0.847. The van der Waals surface area contributed by atoms with E-state index >= 15 is 0 Å². The lowest BCUT2D eigenvalue weighted by Gasteiger charge is -2.11. The number of imidazole rings is 1. The van der Waals surface area contributed by atoms with Crippen molar-refractivity contribution in [3.8, 4) is 0 Å². The summed E-state index contributed by atoms with van der Waals surface area (Å²) in [6.07, 6.45) is 2.02. The van der Waals surface area contributed by atoms with Gasteiger partial charge in [-0.1, -0.05) is 15.9 Å². The molecule has 5 heteroatoms. The molecule has 0 radical (unpaired) electrons. The molecule has 0 spiro atoms. The van der Waals surface area contributed by atoms with E-state index in [0.29, 0.717) is 6.61 Å². The third-order valence-corrected chi connectivity index (χ3v) is 3.36. The molecule has 1 aromatic carbocycles. The second kappa shape index (κ2) is 6.21. The lowest BCUT2D eigenvalue weighted by atomic mass is 10.2. The van der Waals surface area contributed by atoms with Crippen molar-refractivity contribution in [2.45, 2.75) is 20.4 Å². The zero-order valence-corrected chi connectivity index (χ0v) is 13.0. The Balaban J connectivity index is 2.22. The standard InChI is InChI=1S/C14H18BrN3O/c1-10-8-12(15)4-5-13(10)17-14-16-11(2)9-18(14)6-7-19-3/h4-5,8-9H,6-7H2,1-3H3,(H,16,17). The summed E-state index contributed by atoms with van der Waals surface area (Å²) in [5.41, 5.74) is 3.23. The summed E-state index contributed by atoms with van der Waals surface area (Å²) in [4.78, 5) is 4.51. The molecule has 2 aromatic rings. The molecule has 0 amide bonds. The monoisotopic (exact) mass is 323 g/mol. The fourth-order valence-corrected chi connectivity index (χ4v) is 2.37. The van der Waals surface area contributed by atoms with Gasteiger partial charge in [-0.2, -0.15) is 0 Å². The van der Waals surface area contributed by atoms with E-state index in [1.807, 2.05) is 25.3 Å². The van der Waals surface area contributed by atoms with E-state index < -0.39 is 0 Å². The highest BCUT2D eigenvalue weighted by atomic mass is 79.9. The third-order valence-electron chi connectivity index (χ3n) is 2.87. The zero-order chi connectivity index (χ0) is 13.8. The molecule has 0 atom stereocenters. The Morgan fingerprint density at radius 1 is 1.37 bits per heavy atom. The normalized spacial score (nSPS) is 10.7. The van der Waals surface area contributed by atoms with Crippen molar-refractivity contribution in [3.05, 3.63) is 40.1 Å². The number of nitrogens with one attached hydrogen (secondary N) is 1. The van der Waals surface area contributed by atoms with E-state index in [9.17, 15) is 0 Å². The van der Waals surface area contributed by atoms with Crippen LogP contribution in [0, 0.1) is 13.8 Å². The van der Waals surface area contributed by atoms with Crippen LogP contribution >= 0.6 is 15.9 Å². The van der Waals surface area contributed by atoms with Gasteiger partial charge in [-0.05, 0) is 37.6 Å². The van der Waals surface area contributed by atoms with Gasteiger partial charge < -0.3 is 14.6 Å². The Kier molecular flexibility index (Phi) is 4.61. The molecule has 19 heavy (non-hydrogen) atoms. The Morgan fingerprint density at radius 2 is 2.16 bits per heavy atom. The van der Waals surface area contributed by atoms with Crippen molar-refractivity contribution < 1.29 is 4.74 Å². The van der Waals surface area contributed by atoms with E-state index in [1.54, 1.807) is 7.11 Å². The Labute approximate surface area is 121 Å². The first-order chi connectivity index (χ1) is 9.10. The molecular weight excluding hydrogens is 306 g/mol. The first kappa shape index (κ1) is 14.1. The summed E-state index contributed by atoms with van der Waals surface area (Å²) >= 11 is 3.47. The SMILES string of the molecule is COCCn1cc(C)nc1Nc1ccc(Br)cc1C. The number of rotatable bonds is 5. The predicted octanol–water partition coefficient (Wildman–Crippen LogP) is 3.65. The van der Waals surface area contributed by atoms with Gasteiger partial charge in [-0.25, -0.2) is 4.98 Å². The summed E-state index contributed by atoms with van der Waals surface area (Å²) < 4.78 is 8.27. The zero-order valence-electron chi connectivity index (χ0n) is 11.4. The van der Waals surface area contributed by atoms with Crippen molar-refractivity contribution >= 4 is 27.6 Å². The van der Waals surface area contributed by atoms with Gasteiger partial charge in [0, 0.05) is 30.0 Å². The van der Waals surface area contributed by atoms with Crippen molar-refractivity contribution in [3.63, 3.8) is 0 Å². The third kappa shape index (κ3) is 3.58. The fourth-order valence-electron chi connectivity index (χ4n) is 1.89. The molecule has 1 N–H and O–H groups in total. The van der Waals surface area contributed by atoms with E-state index in [0.717, 1.165) is 28.3 Å². The number of hydrogen-bond donors (Lipinski definition) is 1. The Hall–Kier alpha value is -1.33. The van der Waals surface area contributed by atoms with Gasteiger partial charge in [-0.3, -0.25) is 0 Å². The van der Waals surface area contributed by atoms with Crippen LogP contribution in [0.15, 0.2) is 28.9 Å². The average molecular weight is 324 g/mol. The van der Waals surface area contributed by atoms with Crippen LogP contribution in [0.25, 0.3) is 0 Å². The van der Waals surface area contributed by atoms with E-state index in [4.69, 9.17) is 4.74 Å². The van der Waals surface area contributed by atoms with Crippen LogP contribution in [0.2, 0.25) is 0 Å². The molecule has 0 unspecified atom stereocenters. The molecular formula is C14H18BrN3O. The van der Waals surface area contributed by atoms with Crippen LogP contribution in [-0.4, -0.2) is 23.3 Å². The number of benzene rings is 1. The molecule has 102 valence electrons. The first-order valence-corrected chi connectivity index (χ1v) is 6.95. The maximum Gasteiger partial charge on any atom is 0.207 e. The van der Waals surface area contributed by atoms with Gasteiger partial charge in [0.15, 0.2) is 0 Å².